The molecule has 0 saturated heterocycles. The molecule has 82 valence electrons. The van der Waals surface area contributed by atoms with Gasteiger partial charge in [-0.2, -0.15) is 0 Å². The molecule has 0 spiro atoms. The quantitative estimate of drug-likeness (QED) is 0.771. The van der Waals surface area contributed by atoms with Crippen LogP contribution in [0, 0.1) is 5.92 Å². The van der Waals surface area contributed by atoms with Gasteiger partial charge in [0.15, 0.2) is 0 Å². The summed E-state index contributed by atoms with van der Waals surface area (Å²) in [5.41, 5.74) is -0.691. The van der Waals surface area contributed by atoms with E-state index in [4.69, 9.17) is 4.42 Å². The molecule has 2 heteroatoms. The third kappa shape index (κ3) is 2.51. The summed E-state index contributed by atoms with van der Waals surface area (Å²) in [6.45, 7) is 2.19. The second kappa shape index (κ2) is 4.23. The van der Waals surface area contributed by atoms with Gasteiger partial charge in [0.25, 0.3) is 0 Å². The Kier molecular flexibility index (Phi) is 2.96. The highest BCUT2D eigenvalue weighted by molar-refractivity contribution is 5.13. The van der Waals surface area contributed by atoms with Crippen LogP contribution in [0.4, 0.5) is 0 Å². The first-order valence-electron chi connectivity index (χ1n) is 5.66. The Morgan fingerprint density at radius 1 is 1.60 bits per heavy atom. The van der Waals surface area contributed by atoms with E-state index in [9.17, 15) is 5.11 Å². The van der Waals surface area contributed by atoms with Gasteiger partial charge >= 0.3 is 0 Å². The maximum atomic E-state index is 10.3. The molecule has 1 heterocycles. The number of aliphatic hydroxyl groups is 1. The first-order chi connectivity index (χ1) is 7.22. The van der Waals surface area contributed by atoms with Crippen molar-refractivity contribution < 1.29 is 9.52 Å². The van der Waals surface area contributed by atoms with Crippen molar-refractivity contribution in [3.8, 4) is 0 Å². The van der Waals surface area contributed by atoms with E-state index in [1.165, 1.54) is 0 Å². The van der Waals surface area contributed by atoms with Crippen LogP contribution in [0.1, 0.15) is 31.9 Å². The Hall–Kier alpha value is -1.02. The molecular weight excluding hydrogens is 188 g/mol. The van der Waals surface area contributed by atoms with Crippen molar-refractivity contribution in [3.63, 3.8) is 0 Å². The number of hydrogen-bond donors (Lipinski definition) is 1. The molecule has 1 aliphatic rings. The van der Waals surface area contributed by atoms with Gasteiger partial charge < -0.3 is 9.52 Å². The smallest absolute Gasteiger partial charge is 0.106 e. The topological polar surface area (TPSA) is 33.4 Å². The Labute approximate surface area is 90.6 Å². The number of rotatable bonds is 3. The van der Waals surface area contributed by atoms with Crippen LogP contribution >= 0.6 is 0 Å². The number of allylic oxidation sites excluding steroid dienone is 1. The fourth-order valence-corrected chi connectivity index (χ4v) is 2.13. The summed E-state index contributed by atoms with van der Waals surface area (Å²) in [7, 11) is 0. The minimum Gasteiger partial charge on any atom is -0.469 e. The van der Waals surface area contributed by atoms with E-state index in [0.717, 1.165) is 25.0 Å². The van der Waals surface area contributed by atoms with Gasteiger partial charge in [-0.05, 0) is 37.3 Å². The summed E-state index contributed by atoms with van der Waals surface area (Å²) >= 11 is 0. The van der Waals surface area contributed by atoms with Crippen molar-refractivity contribution in [2.75, 3.05) is 0 Å². The first kappa shape index (κ1) is 10.5. The highest BCUT2D eigenvalue weighted by Gasteiger charge is 2.29. The van der Waals surface area contributed by atoms with Crippen molar-refractivity contribution in [1.29, 1.82) is 0 Å². The van der Waals surface area contributed by atoms with E-state index in [2.05, 4.69) is 13.0 Å². The van der Waals surface area contributed by atoms with E-state index < -0.39 is 5.60 Å². The summed E-state index contributed by atoms with van der Waals surface area (Å²) < 4.78 is 5.26. The minimum absolute atomic E-state index is 0.590. The molecule has 0 aliphatic heterocycles. The van der Waals surface area contributed by atoms with Crippen LogP contribution in [0.15, 0.2) is 35.0 Å². The molecule has 2 unspecified atom stereocenters. The van der Waals surface area contributed by atoms with E-state index in [-0.39, 0.29) is 0 Å². The molecule has 1 aliphatic carbocycles. The van der Waals surface area contributed by atoms with Gasteiger partial charge in [0.1, 0.15) is 5.76 Å². The zero-order valence-corrected chi connectivity index (χ0v) is 9.15. The van der Waals surface area contributed by atoms with E-state index in [0.29, 0.717) is 12.3 Å². The van der Waals surface area contributed by atoms with Crippen LogP contribution < -0.4 is 0 Å². The minimum atomic E-state index is -0.691. The summed E-state index contributed by atoms with van der Waals surface area (Å²) in [5.74, 6) is 1.50. The fraction of sp³-hybridized carbons (Fsp3) is 0.538. The molecular formula is C13H18O2. The molecule has 2 rings (SSSR count). The average molecular weight is 206 g/mol. The molecule has 2 atom stereocenters. The first-order valence-corrected chi connectivity index (χ1v) is 5.66. The third-order valence-electron chi connectivity index (χ3n) is 3.21. The van der Waals surface area contributed by atoms with Gasteiger partial charge in [0, 0.05) is 6.42 Å². The SMILES string of the molecule is CCC1C=CC(O)(Cc2ccco2)CC1. The lowest BCUT2D eigenvalue weighted by Gasteiger charge is -2.29. The van der Waals surface area contributed by atoms with Gasteiger partial charge in [-0.3, -0.25) is 0 Å². The maximum absolute atomic E-state index is 10.3. The average Bonchev–Trinajstić information content (AvgIpc) is 2.71. The lowest BCUT2D eigenvalue weighted by Crippen LogP contribution is -2.32. The molecule has 1 aromatic rings. The molecule has 0 aromatic carbocycles. The highest BCUT2D eigenvalue weighted by Crippen LogP contribution is 2.30. The Morgan fingerprint density at radius 2 is 2.47 bits per heavy atom. The van der Waals surface area contributed by atoms with Crippen LogP contribution in [-0.2, 0) is 6.42 Å². The molecule has 0 saturated carbocycles. The monoisotopic (exact) mass is 206 g/mol. The van der Waals surface area contributed by atoms with E-state index in [1.807, 2.05) is 18.2 Å². The lowest BCUT2D eigenvalue weighted by atomic mass is 9.82. The zero-order valence-electron chi connectivity index (χ0n) is 9.15. The molecule has 0 fully saturated rings. The van der Waals surface area contributed by atoms with Gasteiger partial charge in [0.05, 0.1) is 11.9 Å². The van der Waals surface area contributed by atoms with Gasteiger partial charge in [0.2, 0.25) is 0 Å². The van der Waals surface area contributed by atoms with Crippen LogP contribution in [0.2, 0.25) is 0 Å². The molecule has 1 aromatic heterocycles. The molecule has 15 heavy (non-hydrogen) atoms. The normalized spacial score (nSPS) is 30.7. The van der Waals surface area contributed by atoms with Gasteiger partial charge in [-0.15, -0.1) is 0 Å². The largest absolute Gasteiger partial charge is 0.469 e. The number of hydrogen-bond acceptors (Lipinski definition) is 2. The zero-order chi connectivity index (χ0) is 10.7. The van der Waals surface area contributed by atoms with Gasteiger partial charge in [-0.25, -0.2) is 0 Å². The Bertz CT molecular complexity index is 326. The van der Waals surface area contributed by atoms with Crippen LogP contribution in [0.25, 0.3) is 0 Å². The van der Waals surface area contributed by atoms with E-state index >= 15 is 0 Å². The van der Waals surface area contributed by atoms with Crippen LogP contribution in [-0.4, -0.2) is 10.7 Å². The Morgan fingerprint density at radius 3 is 3.00 bits per heavy atom. The Balaban J connectivity index is 2.03. The highest BCUT2D eigenvalue weighted by atomic mass is 16.3. The van der Waals surface area contributed by atoms with Crippen molar-refractivity contribution in [3.05, 3.63) is 36.3 Å². The van der Waals surface area contributed by atoms with Crippen LogP contribution in [0.3, 0.4) is 0 Å². The summed E-state index contributed by atoms with van der Waals surface area (Å²) in [5, 5.41) is 10.3. The second-order valence-electron chi connectivity index (χ2n) is 4.43. The predicted molar refractivity (Wildman–Crippen MR) is 59.5 cm³/mol. The maximum Gasteiger partial charge on any atom is 0.106 e. The van der Waals surface area contributed by atoms with Crippen LogP contribution in [0.5, 0.6) is 0 Å². The lowest BCUT2D eigenvalue weighted by molar-refractivity contribution is 0.0635. The predicted octanol–water partition coefficient (Wildman–Crippen LogP) is 2.93. The van der Waals surface area contributed by atoms with E-state index in [1.54, 1.807) is 6.26 Å². The molecule has 0 radical (unpaired) electrons. The summed E-state index contributed by atoms with van der Waals surface area (Å²) in [4.78, 5) is 0. The van der Waals surface area contributed by atoms with Crippen molar-refractivity contribution in [1.82, 2.24) is 0 Å². The second-order valence-corrected chi connectivity index (χ2v) is 4.43. The third-order valence-corrected chi connectivity index (χ3v) is 3.21. The van der Waals surface area contributed by atoms with Crippen molar-refractivity contribution >= 4 is 0 Å². The molecule has 2 nitrogen and oxygen atoms in total. The standard InChI is InChI=1S/C13H18O2/c1-2-11-5-7-13(14,8-6-11)10-12-4-3-9-15-12/h3-5,7,9,11,14H,2,6,8,10H2,1H3. The van der Waals surface area contributed by atoms with Gasteiger partial charge in [-0.1, -0.05) is 19.1 Å². The van der Waals surface area contributed by atoms with Crippen molar-refractivity contribution in [2.45, 2.75) is 38.2 Å². The molecule has 1 N–H and O–H groups in total. The molecule has 0 amide bonds. The number of furan rings is 1. The summed E-state index contributed by atoms with van der Waals surface area (Å²) in [6.07, 6.45) is 9.41. The summed E-state index contributed by atoms with van der Waals surface area (Å²) in [6, 6.07) is 3.78. The molecule has 0 bridgehead atoms. The van der Waals surface area contributed by atoms with Crippen molar-refractivity contribution in [2.24, 2.45) is 5.92 Å². The fourth-order valence-electron chi connectivity index (χ4n) is 2.13.